The van der Waals surface area contributed by atoms with Gasteiger partial charge in [-0.1, -0.05) is 48.0 Å². The van der Waals surface area contributed by atoms with Gasteiger partial charge in [0.15, 0.2) is 0 Å². The molecule has 0 radical (unpaired) electrons. The van der Waals surface area contributed by atoms with Crippen LogP contribution in [-0.2, 0) is 11.2 Å². The van der Waals surface area contributed by atoms with Crippen LogP contribution in [0.15, 0.2) is 102 Å². The van der Waals surface area contributed by atoms with Crippen LogP contribution in [0.2, 0.25) is 0 Å². The SMILES string of the molecule is Cc1cccc(C(=O)Oc2ccc([N+](=O)[O-])cc2/C=N/NC(=O)c2ccc(NC(=O)Cc3ccccc3)cc2)c1. The molecule has 2 amide bonds. The quantitative estimate of drug-likeness (QED) is 0.101. The first-order valence-corrected chi connectivity index (χ1v) is 12.1. The van der Waals surface area contributed by atoms with Crippen molar-refractivity contribution in [1.82, 2.24) is 5.43 Å². The smallest absolute Gasteiger partial charge is 0.343 e. The van der Waals surface area contributed by atoms with Crippen molar-refractivity contribution in [1.29, 1.82) is 0 Å². The third kappa shape index (κ3) is 7.45. The van der Waals surface area contributed by atoms with Gasteiger partial charge >= 0.3 is 5.97 Å². The number of nitro groups is 1. The second-order valence-electron chi connectivity index (χ2n) is 8.73. The van der Waals surface area contributed by atoms with Gasteiger partial charge in [0.25, 0.3) is 11.6 Å². The maximum Gasteiger partial charge on any atom is 0.343 e. The van der Waals surface area contributed by atoms with Gasteiger partial charge in [-0.3, -0.25) is 19.7 Å². The molecular formula is C30H24N4O6. The lowest BCUT2D eigenvalue weighted by Gasteiger charge is -2.08. The molecule has 0 aliphatic rings. The normalized spacial score (nSPS) is 10.6. The molecule has 4 aromatic carbocycles. The Labute approximate surface area is 229 Å². The number of esters is 1. The topological polar surface area (TPSA) is 140 Å². The zero-order chi connectivity index (χ0) is 28.5. The molecule has 10 nitrogen and oxygen atoms in total. The number of benzene rings is 4. The molecule has 40 heavy (non-hydrogen) atoms. The number of rotatable bonds is 9. The molecule has 2 N–H and O–H groups in total. The number of amides is 2. The van der Waals surface area contributed by atoms with Crippen LogP contribution >= 0.6 is 0 Å². The van der Waals surface area contributed by atoms with Crippen molar-refractivity contribution >= 4 is 35.4 Å². The zero-order valence-corrected chi connectivity index (χ0v) is 21.4. The van der Waals surface area contributed by atoms with Crippen molar-refractivity contribution in [3.63, 3.8) is 0 Å². The van der Waals surface area contributed by atoms with Crippen molar-refractivity contribution < 1.29 is 24.0 Å². The average molecular weight is 537 g/mol. The van der Waals surface area contributed by atoms with Crippen molar-refractivity contribution in [3.8, 4) is 5.75 Å². The van der Waals surface area contributed by atoms with Gasteiger partial charge in [-0.15, -0.1) is 0 Å². The fourth-order valence-electron chi connectivity index (χ4n) is 3.69. The minimum atomic E-state index is -0.646. The number of aryl methyl sites for hydroxylation is 1. The molecule has 0 aromatic heterocycles. The van der Waals surface area contributed by atoms with Gasteiger partial charge < -0.3 is 10.1 Å². The molecule has 200 valence electrons. The number of hydrogen-bond donors (Lipinski definition) is 2. The van der Waals surface area contributed by atoms with Crippen LogP contribution in [0.25, 0.3) is 0 Å². The second-order valence-corrected chi connectivity index (χ2v) is 8.73. The molecule has 0 saturated heterocycles. The number of nitro benzene ring substituents is 1. The number of hydrogen-bond acceptors (Lipinski definition) is 7. The van der Waals surface area contributed by atoms with E-state index < -0.39 is 16.8 Å². The van der Waals surface area contributed by atoms with Gasteiger partial charge in [-0.2, -0.15) is 5.10 Å². The molecule has 0 fully saturated rings. The Bertz CT molecular complexity index is 1580. The first kappa shape index (κ1) is 27.4. The number of anilines is 1. The second kappa shape index (κ2) is 12.7. The van der Waals surface area contributed by atoms with E-state index in [0.717, 1.165) is 17.3 Å². The lowest BCUT2D eigenvalue weighted by Crippen LogP contribution is -2.18. The molecule has 0 aliphatic heterocycles. The van der Waals surface area contributed by atoms with Crippen molar-refractivity contribution in [2.24, 2.45) is 5.10 Å². The van der Waals surface area contributed by atoms with Gasteiger partial charge in [0.2, 0.25) is 5.91 Å². The van der Waals surface area contributed by atoms with E-state index >= 15 is 0 Å². The summed E-state index contributed by atoms with van der Waals surface area (Å²) in [6.45, 7) is 1.83. The fraction of sp³-hybridized carbons (Fsp3) is 0.0667. The maximum absolute atomic E-state index is 12.6. The molecule has 0 heterocycles. The molecule has 0 atom stereocenters. The molecule has 4 aromatic rings. The van der Waals surface area contributed by atoms with Gasteiger partial charge in [0.05, 0.1) is 23.1 Å². The largest absolute Gasteiger partial charge is 0.422 e. The average Bonchev–Trinajstić information content (AvgIpc) is 2.94. The van der Waals surface area contributed by atoms with Crippen LogP contribution < -0.4 is 15.5 Å². The Balaban J connectivity index is 1.41. The molecule has 0 aliphatic carbocycles. The van der Waals surface area contributed by atoms with Crippen LogP contribution in [0.4, 0.5) is 11.4 Å². The highest BCUT2D eigenvalue weighted by Crippen LogP contribution is 2.24. The van der Waals surface area contributed by atoms with Crippen molar-refractivity contribution in [2.45, 2.75) is 13.3 Å². The first-order valence-electron chi connectivity index (χ1n) is 12.1. The van der Waals surface area contributed by atoms with Crippen molar-refractivity contribution in [3.05, 3.63) is 135 Å². The van der Waals surface area contributed by atoms with Crippen LogP contribution in [0, 0.1) is 17.0 Å². The molecular weight excluding hydrogens is 512 g/mol. The van der Waals surface area contributed by atoms with Crippen LogP contribution in [0.3, 0.4) is 0 Å². The third-order valence-corrected chi connectivity index (χ3v) is 5.67. The monoisotopic (exact) mass is 536 g/mol. The van der Waals surface area contributed by atoms with E-state index in [0.29, 0.717) is 11.3 Å². The summed E-state index contributed by atoms with van der Waals surface area (Å²) in [4.78, 5) is 48.1. The number of carbonyl (C=O) groups is 3. The fourth-order valence-corrected chi connectivity index (χ4v) is 3.69. The molecule has 0 unspecified atom stereocenters. The van der Waals surface area contributed by atoms with Crippen LogP contribution in [0.5, 0.6) is 5.75 Å². The molecule has 10 heteroatoms. The Morgan fingerprint density at radius 1 is 0.900 bits per heavy atom. The predicted octanol–water partition coefficient (Wildman–Crippen LogP) is 5.07. The van der Waals surface area contributed by atoms with Gasteiger partial charge in [-0.05, 0) is 55.0 Å². The van der Waals surface area contributed by atoms with E-state index in [1.54, 1.807) is 30.3 Å². The minimum absolute atomic E-state index is 0.0331. The van der Waals surface area contributed by atoms with E-state index in [1.807, 2.05) is 43.3 Å². The Morgan fingerprint density at radius 3 is 2.35 bits per heavy atom. The molecule has 0 saturated carbocycles. The van der Waals surface area contributed by atoms with Gasteiger partial charge in [-0.25, -0.2) is 10.2 Å². The number of non-ortho nitro benzene ring substituents is 1. The summed E-state index contributed by atoms with van der Waals surface area (Å²) in [5.41, 5.74) is 5.07. The summed E-state index contributed by atoms with van der Waals surface area (Å²) in [7, 11) is 0. The van der Waals surface area contributed by atoms with Gasteiger partial charge in [0, 0.05) is 28.9 Å². The van der Waals surface area contributed by atoms with E-state index in [1.165, 1.54) is 30.3 Å². The Hall–Kier alpha value is -5.64. The summed E-state index contributed by atoms with van der Waals surface area (Å²) in [5, 5.41) is 17.9. The molecule has 0 bridgehead atoms. The Morgan fingerprint density at radius 2 is 1.65 bits per heavy atom. The standard InChI is InChI=1S/C30H24N4O6/c1-20-6-5-9-23(16-20)30(37)40-27-15-14-26(34(38)39)18-24(27)19-31-33-29(36)22-10-12-25(13-11-22)32-28(35)17-21-7-3-2-4-8-21/h2-16,18-19H,17H2,1H3,(H,32,35)(H,33,36)/b31-19+. The van der Waals surface area contributed by atoms with E-state index in [4.69, 9.17) is 4.74 Å². The summed E-state index contributed by atoms with van der Waals surface area (Å²) < 4.78 is 5.45. The number of nitrogens with zero attached hydrogens (tertiary/aromatic N) is 2. The number of nitrogens with one attached hydrogen (secondary N) is 2. The zero-order valence-electron chi connectivity index (χ0n) is 21.4. The Kier molecular flexibility index (Phi) is 8.73. The molecule has 4 rings (SSSR count). The third-order valence-electron chi connectivity index (χ3n) is 5.67. The van der Waals surface area contributed by atoms with E-state index in [-0.39, 0.29) is 34.9 Å². The summed E-state index contributed by atoms with van der Waals surface area (Å²) in [6, 6.07) is 26.0. The summed E-state index contributed by atoms with van der Waals surface area (Å²) in [5.74, 6) is -1.36. The lowest BCUT2D eigenvalue weighted by atomic mass is 10.1. The number of hydrazone groups is 1. The van der Waals surface area contributed by atoms with Crippen LogP contribution in [0.1, 0.15) is 37.4 Å². The highest BCUT2D eigenvalue weighted by atomic mass is 16.6. The molecule has 0 spiro atoms. The van der Waals surface area contributed by atoms with Crippen LogP contribution in [-0.4, -0.2) is 28.9 Å². The van der Waals surface area contributed by atoms with E-state index in [2.05, 4.69) is 15.8 Å². The number of carbonyl (C=O) groups excluding carboxylic acids is 3. The van der Waals surface area contributed by atoms with E-state index in [9.17, 15) is 24.5 Å². The highest BCUT2D eigenvalue weighted by Gasteiger charge is 2.15. The highest BCUT2D eigenvalue weighted by molar-refractivity contribution is 5.97. The first-order chi connectivity index (χ1) is 19.3. The summed E-state index contributed by atoms with van der Waals surface area (Å²) >= 11 is 0. The lowest BCUT2D eigenvalue weighted by molar-refractivity contribution is -0.384. The summed E-state index contributed by atoms with van der Waals surface area (Å²) in [6.07, 6.45) is 1.37. The van der Waals surface area contributed by atoms with Gasteiger partial charge in [0.1, 0.15) is 5.75 Å². The number of ether oxygens (including phenoxy) is 1. The van der Waals surface area contributed by atoms with Crippen molar-refractivity contribution in [2.75, 3.05) is 5.32 Å². The predicted molar refractivity (Wildman–Crippen MR) is 150 cm³/mol. The minimum Gasteiger partial charge on any atom is -0.422 e. The maximum atomic E-state index is 12.6.